The van der Waals surface area contributed by atoms with Gasteiger partial charge in [0.1, 0.15) is 0 Å². The Hall–Kier alpha value is -0.860. The van der Waals surface area contributed by atoms with E-state index in [4.69, 9.17) is 9.47 Å². The molecule has 0 N–H and O–H groups in total. The summed E-state index contributed by atoms with van der Waals surface area (Å²) < 4.78 is 11.0. The molecule has 0 aliphatic heterocycles. The van der Waals surface area contributed by atoms with Crippen molar-refractivity contribution in [2.24, 2.45) is 0 Å². The molecule has 1 fully saturated rings. The number of benzene rings is 1. The van der Waals surface area contributed by atoms with E-state index in [0.29, 0.717) is 18.8 Å². The molecule has 1 aliphatic carbocycles. The van der Waals surface area contributed by atoms with Crippen molar-refractivity contribution in [1.29, 1.82) is 0 Å². The summed E-state index contributed by atoms with van der Waals surface area (Å²) in [4.78, 5) is 0. The van der Waals surface area contributed by atoms with Crippen molar-refractivity contribution in [1.82, 2.24) is 0 Å². The molecule has 76 valence electrons. The fourth-order valence-electron chi connectivity index (χ4n) is 1.68. The minimum absolute atomic E-state index is 0.306. The fourth-order valence-corrected chi connectivity index (χ4v) is 1.68. The average Bonchev–Trinajstić information content (AvgIpc) is 2.19. The third-order valence-corrected chi connectivity index (χ3v) is 2.76. The number of hydrogen-bond acceptors (Lipinski definition) is 2. The number of rotatable bonds is 4. The third-order valence-electron chi connectivity index (χ3n) is 2.76. The van der Waals surface area contributed by atoms with Crippen molar-refractivity contribution < 1.29 is 9.47 Å². The van der Waals surface area contributed by atoms with Crippen LogP contribution in [0.15, 0.2) is 30.3 Å². The van der Waals surface area contributed by atoms with Crippen LogP contribution < -0.4 is 0 Å². The summed E-state index contributed by atoms with van der Waals surface area (Å²) >= 11 is 0. The lowest BCUT2D eigenvalue weighted by molar-refractivity contribution is -0.119. The SMILES string of the molecule is CO[C@@H]1CC[C@@H]1OCc1ccccc1. The van der Waals surface area contributed by atoms with Crippen molar-refractivity contribution in [3.05, 3.63) is 35.9 Å². The Bertz CT molecular complexity index is 269. The standard InChI is InChI=1S/C12H16O2/c1-13-11-7-8-12(11)14-9-10-5-3-2-4-6-10/h2-6,11-12H,7-9H2,1H3/t11-,12+/m1/s1. The Kier molecular flexibility index (Phi) is 3.17. The molecule has 1 aromatic rings. The van der Waals surface area contributed by atoms with E-state index in [1.165, 1.54) is 5.56 Å². The van der Waals surface area contributed by atoms with Crippen LogP contribution in [0.25, 0.3) is 0 Å². The minimum Gasteiger partial charge on any atom is -0.379 e. The van der Waals surface area contributed by atoms with E-state index in [0.717, 1.165) is 12.8 Å². The van der Waals surface area contributed by atoms with Gasteiger partial charge in [0.05, 0.1) is 18.8 Å². The highest BCUT2D eigenvalue weighted by Crippen LogP contribution is 2.26. The highest BCUT2D eigenvalue weighted by atomic mass is 16.5. The van der Waals surface area contributed by atoms with Gasteiger partial charge in [0.25, 0.3) is 0 Å². The number of hydrogen-bond donors (Lipinski definition) is 0. The van der Waals surface area contributed by atoms with Crippen molar-refractivity contribution in [2.75, 3.05) is 7.11 Å². The van der Waals surface area contributed by atoms with Crippen LogP contribution >= 0.6 is 0 Å². The Balaban J connectivity index is 1.78. The topological polar surface area (TPSA) is 18.5 Å². The van der Waals surface area contributed by atoms with Crippen molar-refractivity contribution >= 4 is 0 Å². The van der Waals surface area contributed by atoms with Gasteiger partial charge in [-0.1, -0.05) is 30.3 Å². The van der Waals surface area contributed by atoms with E-state index >= 15 is 0 Å². The quantitative estimate of drug-likeness (QED) is 0.729. The van der Waals surface area contributed by atoms with E-state index in [2.05, 4.69) is 12.1 Å². The second-order valence-electron chi connectivity index (χ2n) is 3.69. The molecule has 0 amide bonds. The van der Waals surface area contributed by atoms with Crippen LogP contribution in [-0.4, -0.2) is 19.3 Å². The molecule has 0 saturated heterocycles. The summed E-state index contributed by atoms with van der Waals surface area (Å²) in [6.45, 7) is 0.700. The normalized spacial score (nSPS) is 25.8. The van der Waals surface area contributed by atoms with Gasteiger partial charge in [-0.2, -0.15) is 0 Å². The highest BCUT2D eigenvalue weighted by Gasteiger charge is 2.31. The van der Waals surface area contributed by atoms with Gasteiger partial charge in [-0.25, -0.2) is 0 Å². The molecule has 2 nitrogen and oxygen atoms in total. The van der Waals surface area contributed by atoms with Crippen LogP contribution in [-0.2, 0) is 16.1 Å². The lowest BCUT2D eigenvalue weighted by Crippen LogP contribution is -2.40. The lowest BCUT2D eigenvalue weighted by atomic mass is 9.92. The second-order valence-corrected chi connectivity index (χ2v) is 3.69. The summed E-state index contributed by atoms with van der Waals surface area (Å²) in [6, 6.07) is 10.3. The van der Waals surface area contributed by atoms with Crippen LogP contribution in [0.2, 0.25) is 0 Å². The first kappa shape index (κ1) is 9.69. The number of ether oxygens (including phenoxy) is 2. The molecule has 2 heteroatoms. The lowest BCUT2D eigenvalue weighted by Gasteiger charge is -2.35. The van der Waals surface area contributed by atoms with E-state index < -0.39 is 0 Å². The molecule has 14 heavy (non-hydrogen) atoms. The van der Waals surface area contributed by atoms with Crippen molar-refractivity contribution in [3.63, 3.8) is 0 Å². The van der Waals surface area contributed by atoms with Crippen LogP contribution in [0.1, 0.15) is 18.4 Å². The van der Waals surface area contributed by atoms with Gasteiger partial charge >= 0.3 is 0 Å². The van der Waals surface area contributed by atoms with Gasteiger partial charge in [-0.05, 0) is 18.4 Å². The molecule has 0 radical (unpaired) electrons. The van der Waals surface area contributed by atoms with Gasteiger partial charge in [0.15, 0.2) is 0 Å². The first-order valence-corrected chi connectivity index (χ1v) is 5.08. The molecule has 0 heterocycles. The molecule has 2 rings (SSSR count). The Morgan fingerprint density at radius 2 is 1.86 bits per heavy atom. The first-order valence-electron chi connectivity index (χ1n) is 5.08. The molecule has 0 spiro atoms. The van der Waals surface area contributed by atoms with Crippen LogP contribution in [0, 0.1) is 0 Å². The molecule has 1 saturated carbocycles. The summed E-state index contributed by atoms with van der Waals surface area (Å²) in [6.07, 6.45) is 2.89. The Morgan fingerprint density at radius 3 is 2.43 bits per heavy atom. The Labute approximate surface area is 84.8 Å². The van der Waals surface area contributed by atoms with E-state index in [1.54, 1.807) is 7.11 Å². The maximum atomic E-state index is 5.74. The molecule has 0 aromatic heterocycles. The van der Waals surface area contributed by atoms with E-state index in [1.807, 2.05) is 18.2 Å². The number of methoxy groups -OCH3 is 1. The molecule has 1 aliphatic rings. The molecular formula is C12H16O2. The van der Waals surface area contributed by atoms with Crippen molar-refractivity contribution in [3.8, 4) is 0 Å². The maximum absolute atomic E-state index is 5.74. The summed E-state index contributed by atoms with van der Waals surface area (Å²) in [5, 5.41) is 0. The van der Waals surface area contributed by atoms with Gasteiger partial charge in [-0.15, -0.1) is 0 Å². The van der Waals surface area contributed by atoms with Crippen LogP contribution in [0.4, 0.5) is 0 Å². The van der Waals surface area contributed by atoms with Gasteiger partial charge in [0, 0.05) is 7.11 Å². The van der Waals surface area contributed by atoms with Gasteiger partial charge in [-0.3, -0.25) is 0 Å². The van der Waals surface area contributed by atoms with Crippen molar-refractivity contribution in [2.45, 2.75) is 31.7 Å². The smallest absolute Gasteiger partial charge is 0.0842 e. The highest BCUT2D eigenvalue weighted by molar-refractivity contribution is 5.13. The fraction of sp³-hybridized carbons (Fsp3) is 0.500. The largest absolute Gasteiger partial charge is 0.379 e. The Morgan fingerprint density at radius 1 is 1.14 bits per heavy atom. The van der Waals surface area contributed by atoms with Gasteiger partial charge < -0.3 is 9.47 Å². The average molecular weight is 192 g/mol. The molecule has 0 unspecified atom stereocenters. The van der Waals surface area contributed by atoms with E-state index in [-0.39, 0.29) is 0 Å². The molecular weight excluding hydrogens is 176 g/mol. The minimum atomic E-state index is 0.306. The van der Waals surface area contributed by atoms with E-state index in [9.17, 15) is 0 Å². The monoisotopic (exact) mass is 192 g/mol. The first-order chi connectivity index (χ1) is 6.90. The van der Waals surface area contributed by atoms with Crippen LogP contribution in [0.3, 0.4) is 0 Å². The predicted molar refractivity (Wildman–Crippen MR) is 55.1 cm³/mol. The predicted octanol–water partition coefficient (Wildman–Crippen LogP) is 2.38. The second kappa shape index (κ2) is 4.58. The zero-order valence-electron chi connectivity index (χ0n) is 8.48. The van der Waals surface area contributed by atoms with Gasteiger partial charge in [0.2, 0.25) is 0 Å². The summed E-state index contributed by atoms with van der Waals surface area (Å²) in [7, 11) is 1.75. The zero-order chi connectivity index (χ0) is 9.80. The molecule has 0 bridgehead atoms. The summed E-state index contributed by atoms with van der Waals surface area (Å²) in [5.41, 5.74) is 1.23. The maximum Gasteiger partial charge on any atom is 0.0842 e. The zero-order valence-corrected chi connectivity index (χ0v) is 8.48. The summed E-state index contributed by atoms with van der Waals surface area (Å²) in [5.74, 6) is 0. The van der Waals surface area contributed by atoms with Crippen LogP contribution in [0.5, 0.6) is 0 Å². The molecule has 1 aromatic carbocycles. The third kappa shape index (κ3) is 2.14. The molecule has 2 atom stereocenters.